The van der Waals surface area contributed by atoms with Gasteiger partial charge in [0.05, 0.1) is 18.2 Å². The van der Waals surface area contributed by atoms with E-state index in [1.807, 2.05) is 25.7 Å². The Bertz CT molecular complexity index is 1400. The molecule has 36 heavy (non-hydrogen) atoms. The second kappa shape index (κ2) is 9.64. The maximum absolute atomic E-state index is 13.5. The van der Waals surface area contributed by atoms with E-state index in [0.29, 0.717) is 25.5 Å². The molecular weight excluding hydrogens is 494 g/mol. The monoisotopic (exact) mass is 525 g/mol. The van der Waals surface area contributed by atoms with E-state index in [2.05, 4.69) is 34.8 Å². The van der Waals surface area contributed by atoms with Crippen molar-refractivity contribution in [1.82, 2.24) is 19.4 Å². The highest BCUT2D eigenvalue weighted by Gasteiger charge is 2.34. The first-order valence-electron chi connectivity index (χ1n) is 12.1. The number of carbonyl (C=O) groups excluding carboxylic acids is 1. The number of amides is 1. The van der Waals surface area contributed by atoms with Gasteiger partial charge < -0.3 is 14.5 Å². The van der Waals surface area contributed by atoms with Gasteiger partial charge in [0, 0.05) is 65.0 Å². The van der Waals surface area contributed by atoms with Gasteiger partial charge in [-0.25, -0.2) is 9.78 Å². The van der Waals surface area contributed by atoms with E-state index < -0.39 is 0 Å². The van der Waals surface area contributed by atoms with Crippen LogP contribution in [0.15, 0.2) is 33.8 Å². The van der Waals surface area contributed by atoms with Crippen LogP contribution in [0.4, 0.5) is 5.82 Å². The normalized spacial score (nSPS) is 22.1. The number of carbonyl (C=O) groups is 1. The van der Waals surface area contributed by atoms with Gasteiger partial charge in [-0.05, 0) is 45.4 Å². The fraction of sp³-hybridized carbons (Fsp3) is 0.462. The number of methoxy groups -OCH3 is 1. The van der Waals surface area contributed by atoms with Gasteiger partial charge in [0.25, 0.3) is 0 Å². The van der Waals surface area contributed by atoms with Crippen molar-refractivity contribution in [2.75, 3.05) is 30.9 Å². The molecular formula is C26H31N5O3S2. The molecule has 10 heteroatoms. The molecule has 0 bridgehead atoms. The third-order valence-corrected chi connectivity index (χ3v) is 9.21. The van der Waals surface area contributed by atoms with E-state index in [0.717, 1.165) is 43.4 Å². The Hall–Kier alpha value is -2.69. The van der Waals surface area contributed by atoms with Crippen molar-refractivity contribution in [1.29, 1.82) is 0 Å². The lowest BCUT2D eigenvalue weighted by Crippen LogP contribution is -2.58. The van der Waals surface area contributed by atoms with Gasteiger partial charge in [-0.3, -0.25) is 9.36 Å². The van der Waals surface area contributed by atoms with E-state index in [1.54, 1.807) is 34.8 Å². The number of aryl methyl sites for hydroxylation is 2. The van der Waals surface area contributed by atoms with E-state index in [9.17, 15) is 9.59 Å². The molecule has 1 fully saturated rings. The van der Waals surface area contributed by atoms with Crippen LogP contribution in [-0.4, -0.2) is 69.5 Å². The summed E-state index contributed by atoms with van der Waals surface area (Å²) >= 11 is 3.35. The van der Waals surface area contributed by atoms with Crippen molar-refractivity contribution in [2.45, 2.75) is 57.3 Å². The van der Waals surface area contributed by atoms with Gasteiger partial charge in [-0.1, -0.05) is 6.58 Å². The van der Waals surface area contributed by atoms with Crippen LogP contribution in [-0.2, 0) is 16.1 Å². The maximum atomic E-state index is 13.5. The van der Waals surface area contributed by atoms with Gasteiger partial charge in [-0.2, -0.15) is 4.98 Å². The average Bonchev–Trinajstić information content (AvgIpc) is 3.16. The Morgan fingerprint density at radius 3 is 2.53 bits per heavy atom. The number of thiazole rings is 1. The summed E-state index contributed by atoms with van der Waals surface area (Å²) in [5.74, 6) is 1.34. The number of aromatic nitrogens is 3. The van der Waals surface area contributed by atoms with E-state index >= 15 is 0 Å². The highest BCUT2D eigenvalue weighted by Crippen LogP contribution is 2.44. The number of anilines is 1. The molecule has 0 spiro atoms. The summed E-state index contributed by atoms with van der Waals surface area (Å²) in [5.41, 5.74) is 3.78. The molecule has 2 aromatic heterocycles. The smallest absolute Gasteiger partial charge is 0.350 e. The van der Waals surface area contributed by atoms with Gasteiger partial charge in [0.1, 0.15) is 10.8 Å². The Morgan fingerprint density at radius 1 is 1.19 bits per heavy atom. The molecule has 3 aromatic rings. The van der Waals surface area contributed by atoms with Crippen LogP contribution in [0, 0.1) is 13.8 Å². The van der Waals surface area contributed by atoms with Crippen molar-refractivity contribution in [2.24, 2.45) is 0 Å². The lowest BCUT2D eigenvalue weighted by Gasteiger charge is -2.44. The summed E-state index contributed by atoms with van der Waals surface area (Å²) in [6.07, 6.45) is 1.27. The molecule has 0 N–H and O–H groups in total. The molecule has 3 atom stereocenters. The summed E-state index contributed by atoms with van der Waals surface area (Å²) < 4.78 is 7.48. The molecule has 0 saturated carbocycles. The molecule has 2 aliphatic heterocycles. The number of thioether (sulfide) groups is 1. The first-order valence-corrected chi connectivity index (χ1v) is 14.0. The number of hydrogen-bond acceptors (Lipinski definition) is 8. The van der Waals surface area contributed by atoms with Crippen molar-refractivity contribution < 1.29 is 9.53 Å². The second-order valence-corrected chi connectivity index (χ2v) is 11.5. The number of hydrogen-bond donors (Lipinski definition) is 0. The van der Waals surface area contributed by atoms with Gasteiger partial charge in [-0.15, -0.1) is 23.1 Å². The zero-order valence-corrected chi connectivity index (χ0v) is 22.9. The minimum absolute atomic E-state index is 0.0420. The topological polar surface area (TPSA) is 80.6 Å². The highest BCUT2D eigenvalue weighted by atomic mass is 32.2. The molecule has 5 rings (SSSR count). The second-order valence-electron chi connectivity index (χ2n) is 9.64. The molecule has 2 aliphatic rings. The van der Waals surface area contributed by atoms with Crippen LogP contribution < -0.4 is 10.6 Å². The van der Waals surface area contributed by atoms with Gasteiger partial charge in [0.2, 0.25) is 5.91 Å². The zero-order chi connectivity index (χ0) is 25.7. The molecule has 8 nitrogen and oxygen atoms in total. The van der Waals surface area contributed by atoms with Crippen molar-refractivity contribution in [3.63, 3.8) is 0 Å². The Morgan fingerprint density at radius 2 is 1.92 bits per heavy atom. The van der Waals surface area contributed by atoms with E-state index in [-0.39, 0.29) is 29.8 Å². The van der Waals surface area contributed by atoms with Crippen LogP contribution in [0.2, 0.25) is 0 Å². The van der Waals surface area contributed by atoms with Crippen LogP contribution in [0.25, 0.3) is 21.5 Å². The minimum atomic E-state index is -0.279. The van der Waals surface area contributed by atoms with E-state index in [1.165, 1.54) is 6.08 Å². The fourth-order valence-electron chi connectivity index (χ4n) is 5.42. The number of nitrogens with zero attached hydrogens (tertiary/aromatic N) is 5. The third kappa shape index (κ3) is 4.14. The average molecular weight is 526 g/mol. The Kier molecular flexibility index (Phi) is 6.69. The molecule has 1 aromatic carbocycles. The fourth-order valence-corrected chi connectivity index (χ4v) is 7.75. The molecule has 1 amide bonds. The molecule has 1 saturated heterocycles. The number of ether oxygens (including phenoxy) is 1. The predicted octanol–water partition coefficient (Wildman–Crippen LogP) is 3.87. The van der Waals surface area contributed by atoms with Crippen LogP contribution >= 0.6 is 23.1 Å². The number of benzene rings is 1. The van der Waals surface area contributed by atoms with Crippen LogP contribution in [0.3, 0.4) is 0 Å². The molecule has 4 heterocycles. The lowest BCUT2D eigenvalue weighted by atomic mass is 10.0. The molecule has 0 radical (unpaired) electrons. The van der Waals surface area contributed by atoms with E-state index in [4.69, 9.17) is 9.72 Å². The highest BCUT2D eigenvalue weighted by molar-refractivity contribution is 7.99. The first-order chi connectivity index (χ1) is 17.2. The Labute approximate surface area is 219 Å². The maximum Gasteiger partial charge on any atom is 0.350 e. The van der Waals surface area contributed by atoms with Crippen molar-refractivity contribution >= 4 is 45.7 Å². The predicted molar refractivity (Wildman–Crippen MR) is 146 cm³/mol. The standard InChI is InChI=1S/C26H31N5O3S2/c1-7-20(32)31-16(4)9-29(10-17(31)5)24-19-8-14(2)21(25-27-15(3)12-36-25)23-22(19)30(26(33)28-24)11-18(34-6)13-35-23/h7-8,12,16-18H,1,9-11,13H2,2-6H3/t16-,17+,18-/m0/s1. The quantitative estimate of drug-likeness (QED) is 0.479. The van der Waals surface area contributed by atoms with Gasteiger partial charge in [0.15, 0.2) is 0 Å². The third-order valence-electron chi connectivity index (χ3n) is 7.01. The van der Waals surface area contributed by atoms with Gasteiger partial charge >= 0.3 is 5.69 Å². The molecule has 0 aliphatic carbocycles. The zero-order valence-electron chi connectivity index (χ0n) is 21.3. The minimum Gasteiger partial charge on any atom is -0.379 e. The SMILES string of the molecule is C=CC(=O)N1[C@H](C)CN(c2nc(=O)n3c4c(c(-c5nc(C)cs5)c(C)cc24)SC[C@@H](OC)C3)C[C@@H]1C. The van der Waals surface area contributed by atoms with Crippen LogP contribution in [0.1, 0.15) is 25.1 Å². The van der Waals surface area contributed by atoms with Crippen molar-refractivity contribution in [3.05, 3.63) is 45.8 Å². The summed E-state index contributed by atoms with van der Waals surface area (Å²) in [4.78, 5) is 40.4. The lowest BCUT2D eigenvalue weighted by molar-refractivity contribution is -0.130. The summed E-state index contributed by atoms with van der Waals surface area (Å²) in [5, 5.41) is 3.97. The first kappa shape index (κ1) is 25.0. The van der Waals surface area contributed by atoms with Crippen molar-refractivity contribution in [3.8, 4) is 10.6 Å². The summed E-state index contributed by atoms with van der Waals surface area (Å²) in [6.45, 7) is 13.4. The summed E-state index contributed by atoms with van der Waals surface area (Å²) in [7, 11) is 1.69. The largest absolute Gasteiger partial charge is 0.379 e. The number of piperazine rings is 1. The molecule has 0 unspecified atom stereocenters. The van der Waals surface area contributed by atoms with Crippen LogP contribution in [0.5, 0.6) is 0 Å². The number of rotatable bonds is 4. The summed E-state index contributed by atoms with van der Waals surface area (Å²) in [6, 6.07) is 2.06. The molecule has 190 valence electrons. The Balaban J connectivity index is 1.72.